The van der Waals surface area contributed by atoms with Crippen molar-refractivity contribution in [2.45, 2.75) is 18.3 Å². The number of likely N-dealkylation sites (tertiary alicyclic amines) is 1. The summed E-state index contributed by atoms with van der Waals surface area (Å²) in [6, 6.07) is 4.48. The third-order valence-corrected chi connectivity index (χ3v) is 3.22. The van der Waals surface area contributed by atoms with Crippen molar-refractivity contribution in [3.05, 3.63) is 34.6 Å². The smallest absolute Gasteiger partial charge is 0.224 e. The highest BCUT2D eigenvalue weighted by molar-refractivity contribution is 6.31. The maximum Gasteiger partial charge on any atom is 0.224 e. The second kappa shape index (κ2) is 4.60. The van der Waals surface area contributed by atoms with Crippen LogP contribution >= 0.6 is 23.2 Å². The van der Waals surface area contributed by atoms with E-state index in [4.69, 9.17) is 23.2 Å². The van der Waals surface area contributed by atoms with E-state index in [1.807, 2.05) is 0 Å². The van der Waals surface area contributed by atoms with Crippen LogP contribution in [0.5, 0.6) is 0 Å². The molecule has 1 aromatic carbocycles. The van der Waals surface area contributed by atoms with Gasteiger partial charge in [0.25, 0.3) is 0 Å². The molecule has 0 saturated carbocycles. The van der Waals surface area contributed by atoms with E-state index < -0.39 is 5.82 Å². The lowest BCUT2D eigenvalue weighted by Crippen LogP contribution is -2.25. The van der Waals surface area contributed by atoms with Gasteiger partial charge in [0.2, 0.25) is 5.91 Å². The number of amides is 1. The van der Waals surface area contributed by atoms with Gasteiger partial charge in [-0.25, -0.2) is 4.39 Å². The third-order valence-electron chi connectivity index (χ3n) is 2.58. The second-order valence-electron chi connectivity index (χ2n) is 3.78. The lowest BCUT2D eigenvalue weighted by molar-refractivity contribution is -0.128. The molecule has 1 aliphatic heterocycles. The fourth-order valence-electron chi connectivity index (χ4n) is 1.75. The number of benzene rings is 1. The Morgan fingerprint density at radius 3 is 2.81 bits per heavy atom. The number of alkyl halides is 1. The number of rotatable bonds is 2. The molecule has 1 atom stereocenters. The largest absolute Gasteiger partial charge is 0.337 e. The maximum absolute atomic E-state index is 13.5. The van der Waals surface area contributed by atoms with Crippen molar-refractivity contribution >= 4 is 29.1 Å². The summed E-state index contributed by atoms with van der Waals surface area (Å²) < 4.78 is 13.5. The van der Waals surface area contributed by atoms with Crippen LogP contribution in [0.25, 0.3) is 0 Å². The standard InChI is InChI=1S/C11H10Cl2FNO/c12-7-4-11(16)15(5-7)6-8-9(13)2-1-3-10(8)14/h1-3,7H,4-6H2. The van der Waals surface area contributed by atoms with Gasteiger partial charge in [-0.2, -0.15) is 0 Å². The van der Waals surface area contributed by atoms with Crippen molar-refractivity contribution < 1.29 is 9.18 Å². The molecule has 5 heteroatoms. The summed E-state index contributed by atoms with van der Waals surface area (Å²) in [5.41, 5.74) is 0.350. The average molecular weight is 262 g/mol. The van der Waals surface area contributed by atoms with Gasteiger partial charge in [0.15, 0.2) is 0 Å². The fourth-order valence-corrected chi connectivity index (χ4v) is 2.27. The Morgan fingerprint density at radius 2 is 2.25 bits per heavy atom. The minimum absolute atomic E-state index is 0.0562. The summed E-state index contributed by atoms with van der Waals surface area (Å²) in [5, 5.41) is 0.156. The number of carbonyl (C=O) groups is 1. The van der Waals surface area contributed by atoms with Crippen molar-refractivity contribution in [1.82, 2.24) is 4.90 Å². The molecule has 2 rings (SSSR count). The molecule has 1 saturated heterocycles. The van der Waals surface area contributed by atoms with Crippen LogP contribution in [0.15, 0.2) is 18.2 Å². The minimum atomic E-state index is -0.390. The Balaban J connectivity index is 2.18. The van der Waals surface area contributed by atoms with Gasteiger partial charge in [-0.15, -0.1) is 11.6 Å². The zero-order chi connectivity index (χ0) is 11.7. The summed E-state index contributed by atoms with van der Waals surface area (Å²) in [6.45, 7) is 0.638. The highest BCUT2D eigenvalue weighted by atomic mass is 35.5. The normalized spacial score (nSPS) is 20.6. The summed E-state index contributed by atoms with van der Waals surface area (Å²) in [7, 11) is 0. The number of nitrogens with zero attached hydrogens (tertiary/aromatic N) is 1. The van der Waals surface area contributed by atoms with E-state index >= 15 is 0 Å². The van der Waals surface area contributed by atoms with E-state index in [1.165, 1.54) is 17.0 Å². The van der Waals surface area contributed by atoms with Crippen molar-refractivity contribution in [3.63, 3.8) is 0 Å². The van der Waals surface area contributed by atoms with E-state index in [2.05, 4.69) is 0 Å². The third kappa shape index (κ3) is 2.30. The number of hydrogen-bond acceptors (Lipinski definition) is 1. The van der Waals surface area contributed by atoms with Crippen molar-refractivity contribution in [2.75, 3.05) is 6.54 Å². The van der Waals surface area contributed by atoms with E-state index in [-0.39, 0.29) is 17.8 Å². The Hall–Kier alpha value is -0.800. The molecule has 0 bridgehead atoms. The van der Waals surface area contributed by atoms with E-state index in [0.717, 1.165) is 0 Å². The molecule has 1 aliphatic rings. The number of halogens is 3. The molecule has 1 amide bonds. The van der Waals surface area contributed by atoms with Crippen LogP contribution in [0.4, 0.5) is 4.39 Å². The highest BCUT2D eigenvalue weighted by Gasteiger charge is 2.28. The molecule has 0 N–H and O–H groups in total. The first-order chi connectivity index (χ1) is 7.58. The molecule has 1 unspecified atom stereocenters. The fraction of sp³-hybridized carbons (Fsp3) is 0.364. The summed E-state index contributed by atoms with van der Waals surface area (Å²) >= 11 is 11.7. The molecule has 2 nitrogen and oxygen atoms in total. The van der Waals surface area contributed by atoms with Gasteiger partial charge in [0, 0.05) is 23.6 Å². The molecule has 1 heterocycles. The first kappa shape index (κ1) is 11.7. The molecule has 1 aromatic rings. The number of carbonyl (C=O) groups excluding carboxylic acids is 1. The van der Waals surface area contributed by atoms with Gasteiger partial charge >= 0.3 is 0 Å². The molecule has 0 spiro atoms. The molecule has 86 valence electrons. The van der Waals surface area contributed by atoms with E-state index in [0.29, 0.717) is 23.6 Å². The Bertz CT molecular complexity index is 404. The summed E-state index contributed by atoms with van der Waals surface area (Å²) in [4.78, 5) is 13.0. The molecule has 0 aromatic heterocycles. The highest BCUT2D eigenvalue weighted by Crippen LogP contribution is 2.24. The summed E-state index contributed by atoms with van der Waals surface area (Å²) in [5.74, 6) is -0.447. The molecule has 0 radical (unpaired) electrons. The SMILES string of the molecule is O=C1CC(Cl)CN1Cc1c(F)cccc1Cl. The van der Waals surface area contributed by atoms with Gasteiger partial charge in [0.05, 0.1) is 11.9 Å². The minimum Gasteiger partial charge on any atom is -0.337 e. The maximum atomic E-state index is 13.5. The van der Waals surface area contributed by atoms with Crippen LogP contribution in [0.1, 0.15) is 12.0 Å². The predicted octanol–water partition coefficient (Wildman–Crippen LogP) is 2.82. The first-order valence-corrected chi connectivity index (χ1v) is 5.74. The quantitative estimate of drug-likeness (QED) is 0.750. The molecule has 16 heavy (non-hydrogen) atoms. The van der Waals surface area contributed by atoms with Gasteiger partial charge < -0.3 is 4.90 Å². The zero-order valence-corrected chi connectivity index (χ0v) is 9.93. The van der Waals surface area contributed by atoms with Gasteiger partial charge in [0.1, 0.15) is 5.82 Å². The molecular formula is C11H10Cl2FNO. The van der Waals surface area contributed by atoms with E-state index in [9.17, 15) is 9.18 Å². The number of hydrogen-bond donors (Lipinski definition) is 0. The van der Waals surface area contributed by atoms with Crippen LogP contribution in [-0.2, 0) is 11.3 Å². The van der Waals surface area contributed by atoms with Crippen LogP contribution in [0.2, 0.25) is 5.02 Å². The lowest BCUT2D eigenvalue weighted by Gasteiger charge is -2.17. The molecular weight excluding hydrogens is 252 g/mol. The van der Waals surface area contributed by atoms with Crippen LogP contribution < -0.4 is 0 Å². The summed E-state index contributed by atoms with van der Waals surface area (Å²) in [6.07, 6.45) is 0.313. The van der Waals surface area contributed by atoms with Crippen molar-refractivity contribution in [2.24, 2.45) is 0 Å². The zero-order valence-electron chi connectivity index (χ0n) is 8.42. The lowest BCUT2D eigenvalue weighted by atomic mass is 10.2. The molecule has 1 fully saturated rings. The topological polar surface area (TPSA) is 20.3 Å². The van der Waals surface area contributed by atoms with Gasteiger partial charge in [-0.1, -0.05) is 17.7 Å². The van der Waals surface area contributed by atoms with E-state index in [1.54, 1.807) is 6.07 Å². The molecule has 0 aliphatic carbocycles. The monoisotopic (exact) mass is 261 g/mol. The van der Waals surface area contributed by atoms with Crippen LogP contribution in [0, 0.1) is 5.82 Å². The Morgan fingerprint density at radius 1 is 1.50 bits per heavy atom. The Labute approximate surface area is 103 Å². The van der Waals surface area contributed by atoms with Crippen LogP contribution in [-0.4, -0.2) is 22.7 Å². The van der Waals surface area contributed by atoms with Gasteiger partial charge in [-0.3, -0.25) is 4.79 Å². The van der Waals surface area contributed by atoms with Gasteiger partial charge in [-0.05, 0) is 12.1 Å². The predicted molar refractivity (Wildman–Crippen MR) is 61.1 cm³/mol. The van der Waals surface area contributed by atoms with Crippen LogP contribution in [0.3, 0.4) is 0 Å². The Kier molecular flexibility index (Phi) is 3.36. The second-order valence-corrected chi connectivity index (χ2v) is 4.80. The first-order valence-electron chi connectivity index (χ1n) is 4.92. The van der Waals surface area contributed by atoms with Crippen molar-refractivity contribution in [1.29, 1.82) is 0 Å². The average Bonchev–Trinajstić information content (AvgIpc) is 2.51. The van der Waals surface area contributed by atoms with Crippen molar-refractivity contribution in [3.8, 4) is 0 Å².